The Kier molecular flexibility index (Phi) is 7.62. The highest BCUT2D eigenvalue weighted by molar-refractivity contribution is 6.44. The van der Waals surface area contributed by atoms with Gasteiger partial charge in [-0.3, -0.25) is 24.2 Å². The van der Waals surface area contributed by atoms with E-state index in [-0.39, 0.29) is 43.2 Å². The summed E-state index contributed by atoms with van der Waals surface area (Å²) in [5, 5.41) is 0. The highest BCUT2D eigenvalue weighted by Gasteiger charge is 2.51. The summed E-state index contributed by atoms with van der Waals surface area (Å²) < 4.78 is 0. The molecule has 1 saturated carbocycles. The van der Waals surface area contributed by atoms with Crippen molar-refractivity contribution in [2.75, 3.05) is 39.9 Å². The third-order valence-electron chi connectivity index (χ3n) is 8.39. The van der Waals surface area contributed by atoms with Crippen molar-refractivity contribution in [3.8, 4) is 0 Å². The van der Waals surface area contributed by atoms with Crippen LogP contribution in [-0.4, -0.2) is 106 Å². The summed E-state index contributed by atoms with van der Waals surface area (Å²) in [6.45, 7) is 9.29. The van der Waals surface area contributed by atoms with Crippen LogP contribution in [0.15, 0.2) is 0 Å². The van der Waals surface area contributed by atoms with Gasteiger partial charge in [-0.1, -0.05) is 33.6 Å². The Morgan fingerprint density at radius 3 is 2.29 bits per heavy atom. The molecule has 3 unspecified atom stereocenters. The van der Waals surface area contributed by atoms with E-state index in [2.05, 4.69) is 16.7 Å². The van der Waals surface area contributed by atoms with E-state index < -0.39 is 17.8 Å². The summed E-state index contributed by atoms with van der Waals surface area (Å²) in [6, 6.07) is -0.502. The van der Waals surface area contributed by atoms with E-state index in [1.807, 2.05) is 25.8 Å². The van der Waals surface area contributed by atoms with Crippen molar-refractivity contribution >= 4 is 23.8 Å². The van der Waals surface area contributed by atoms with Gasteiger partial charge in [0.1, 0.15) is 0 Å². The minimum atomic E-state index is -0.767. The number of likely N-dealkylation sites (tertiary alicyclic amines) is 2. The second-order valence-corrected chi connectivity index (χ2v) is 11.0. The molecule has 0 spiro atoms. The van der Waals surface area contributed by atoms with Gasteiger partial charge in [0.2, 0.25) is 5.91 Å². The molecule has 1 aliphatic carbocycles. The highest BCUT2D eigenvalue weighted by Crippen LogP contribution is 2.41. The Morgan fingerprint density at radius 1 is 1.00 bits per heavy atom. The van der Waals surface area contributed by atoms with Crippen molar-refractivity contribution in [1.82, 2.24) is 24.5 Å². The molecule has 0 aromatic carbocycles. The Bertz CT molecular complexity index is 809. The third kappa shape index (κ3) is 4.73. The summed E-state index contributed by atoms with van der Waals surface area (Å²) >= 11 is 0. The van der Waals surface area contributed by atoms with Crippen molar-refractivity contribution in [2.45, 2.75) is 83.8 Å². The summed E-state index contributed by atoms with van der Waals surface area (Å²) in [4.78, 5) is 60.6. The van der Waals surface area contributed by atoms with Crippen LogP contribution in [0.2, 0.25) is 0 Å². The fraction of sp³-hybridized carbons (Fsp3) is 0.840. The van der Waals surface area contributed by atoms with Crippen LogP contribution in [0.4, 0.5) is 4.79 Å². The first-order chi connectivity index (χ1) is 16.2. The van der Waals surface area contributed by atoms with E-state index in [1.165, 1.54) is 0 Å². The number of carbonyl (C=O) groups excluding carboxylic acids is 4. The van der Waals surface area contributed by atoms with Gasteiger partial charge >= 0.3 is 17.8 Å². The zero-order chi connectivity index (χ0) is 24.6. The third-order valence-corrected chi connectivity index (χ3v) is 8.39. The van der Waals surface area contributed by atoms with E-state index >= 15 is 0 Å². The largest absolute Gasteiger partial charge is 0.341 e. The van der Waals surface area contributed by atoms with Crippen LogP contribution in [-0.2, 0) is 14.4 Å². The van der Waals surface area contributed by atoms with Gasteiger partial charge in [-0.05, 0) is 50.5 Å². The lowest BCUT2D eigenvalue weighted by Gasteiger charge is -2.39. The number of amides is 5. The molecule has 3 aliphatic heterocycles. The lowest BCUT2D eigenvalue weighted by molar-refractivity contribution is -0.145. The molecular formula is C25H41N5O4. The van der Waals surface area contributed by atoms with Gasteiger partial charge in [0, 0.05) is 38.8 Å². The molecule has 0 N–H and O–H groups in total. The van der Waals surface area contributed by atoms with Crippen molar-refractivity contribution in [3.63, 3.8) is 0 Å². The molecule has 34 heavy (non-hydrogen) atoms. The molecule has 190 valence electrons. The topological polar surface area (TPSA) is 84.5 Å². The molecule has 0 aromatic rings. The Balaban J connectivity index is 1.51. The first kappa shape index (κ1) is 25.1. The number of nitrogens with zero attached hydrogens (tertiary/aromatic N) is 5. The summed E-state index contributed by atoms with van der Waals surface area (Å²) in [6.07, 6.45) is 6.99. The summed E-state index contributed by atoms with van der Waals surface area (Å²) in [5.74, 6) is -0.948. The molecule has 9 nitrogen and oxygen atoms in total. The van der Waals surface area contributed by atoms with Gasteiger partial charge in [0.05, 0.1) is 12.7 Å². The Morgan fingerprint density at radius 2 is 1.65 bits per heavy atom. The number of imide groups is 2. The Hall–Kier alpha value is -2.00. The van der Waals surface area contributed by atoms with E-state index in [4.69, 9.17) is 0 Å². The zero-order valence-electron chi connectivity index (χ0n) is 21.2. The molecule has 5 amide bonds. The molecule has 4 fully saturated rings. The minimum Gasteiger partial charge on any atom is -0.341 e. The number of piperidine rings is 1. The fourth-order valence-corrected chi connectivity index (χ4v) is 6.40. The van der Waals surface area contributed by atoms with E-state index in [0.717, 1.165) is 74.4 Å². The first-order valence-corrected chi connectivity index (χ1v) is 13.1. The van der Waals surface area contributed by atoms with E-state index in [9.17, 15) is 19.2 Å². The maximum atomic E-state index is 13.8. The second kappa shape index (κ2) is 10.3. The van der Waals surface area contributed by atoms with E-state index in [0.29, 0.717) is 5.92 Å². The number of fused-ring (bicyclic) bond motifs is 1. The molecular weight excluding hydrogens is 434 g/mol. The number of hydrogen-bond donors (Lipinski definition) is 0. The molecule has 0 bridgehead atoms. The summed E-state index contributed by atoms with van der Waals surface area (Å²) in [7, 11) is 1.91. The van der Waals surface area contributed by atoms with Crippen molar-refractivity contribution in [1.29, 1.82) is 0 Å². The zero-order valence-corrected chi connectivity index (χ0v) is 21.2. The van der Waals surface area contributed by atoms with Gasteiger partial charge in [-0.15, -0.1) is 0 Å². The fourth-order valence-electron chi connectivity index (χ4n) is 6.40. The smallest absolute Gasteiger partial charge is 0.335 e. The molecule has 0 aromatic heterocycles. The number of likely N-dealkylation sites (N-methyl/N-ethyl adjacent to an activating group) is 1. The molecule has 3 heterocycles. The van der Waals surface area contributed by atoms with Crippen LogP contribution in [0.25, 0.3) is 0 Å². The second-order valence-electron chi connectivity index (χ2n) is 11.0. The van der Waals surface area contributed by atoms with Crippen LogP contribution in [0.5, 0.6) is 0 Å². The number of urea groups is 1. The van der Waals surface area contributed by atoms with Gasteiger partial charge in [0.25, 0.3) is 0 Å². The quantitative estimate of drug-likeness (QED) is 0.414. The molecule has 4 rings (SSSR count). The van der Waals surface area contributed by atoms with Crippen LogP contribution in [0.3, 0.4) is 0 Å². The number of rotatable bonds is 7. The van der Waals surface area contributed by atoms with Crippen LogP contribution in [0, 0.1) is 11.8 Å². The minimum absolute atomic E-state index is 0.0255. The lowest BCUT2D eigenvalue weighted by atomic mass is 9.84. The van der Waals surface area contributed by atoms with Gasteiger partial charge in [0.15, 0.2) is 0 Å². The predicted octanol–water partition coefficient (Wildman–Crippen LogP) is 1.97. The molecule has 9 heteroatoms. The molecule has 0 radical (unpaired) electrons. The van der Waals surface area contributed by atoms with Crippen LogP contribution < -0.4 is 0 Å². The van der Waals surface area contributed by atoms with Crippen molar-refractivity contribution in [2.24, 2.45) is 11.8 Å². The SMILES string of the molecule is CCN1CCC(N(C)C(=O)C2CC3CCCCC3N2CN2C(=O)C(=O)N(CC(C)C)C2=O)CC1. The average molecular weight is 476 g/mol. The number of hydrogen-bond acceptors (Lipinski definition) is 6. The average Bonchev–Trinajstić information content (AvgIpc) is 3.30. The first-order valence-electron chi connectivity index (χ1n) is 13.1. The van der Waals surface area contributed by atoms with Gasteiger partial charge < -0.3 is 9.80 Å². The number of carbonyl (C=O) groups is 4. The normalized spacial score (nSPS) is 29.4. The summed E-state index contributed by atoms with van der Waals surface area (Å²) in [5.41, 5.74) is 0. The predicted molar refractivity (Wildman–Crippen MR) is 128 cm³/mol. The highest BCUT2D eigenvalue weighted by atomic mass is 16.2. The van der Waals surface area contributed by atoms with Gasteiger partial charge in [-0.25, -0.2) is 9.69 Å². The van der Waals surface area contributed by atoms with Crippen LogP contribution >= 0.6 is 0 Å². The maximum absolute atomic E-state index is 13.8. The molecule has 4 aliphatic rings. The monoisotopic (exact) mass is 475 g/mol. The van der Waals surface area contributed by atoms with Crippen molar-refractivity contribution in [3.05, 3.63) is 0 Å². The lowest BCUT2D eigenvalue weighted by Crippen LogP contribution is -2.55. The van der Waals surface area contributed by atoms with E-state index in [1.54, 1.807) is 0 Å². The van der Waals surface area contributed by atoms with Crippen molar-refractivity contribution < 1.29 is 19.2 Å². The maximum Gasteiger partial charge on any atom is 0.335 e. The van der Waals surface area contributed by atoms with Crippen LogP contribution in [0.1, 0.15) is 65.7 Å². The standard InChI is InChI=1S/C25H41N5O4/c1-5-27-12-10-19(11-13-27)26(4)22(31)21-14-18-8-6-7-9-20(18)29(21)16-30-24(33)23(32)28(25(30)34)15-17(2)3/h17-21H,5-16H2,1-4H3. The molecule has 3 saturated heterocycles. The Labute approximate surface area is 203 Å². The molecule has 3 atom stereocenters. The van der Waals surface area contributed by atoms with Gasteiger partial charge in [-0.2, -0.15) is 0 Å².